The highest BCUT2D eigenvalue weighted by molar-refractivity contribution is 6.42. The summed E-state index contributed by atoms with van der Waals surface area (Å²) in [4.78, 5) is 12.3. The molecule has 0 spiro atoms. The van der Waals surface area contributed by atoms with Crippen LogP contribution in [-0.4, -0.2) is 23.0 Å². The molecule has 140 valence electrons. The molecule has 0 radical (unpaired) electrons. The molecule has 1 aliphatic rings. The summed E-state index contributed by atoms with van der Waals surface area (Å²) in [6, 6.07) is 6.87. The van der Waals surface area contributed by atoms with Gasteiger partial charge in [0.25, 0.3) is 5.91 Å². The molecule has 0 aliphatic carbocycles. The van der Waals surface area contributed by atoms with Gasteiger partial charge in [-0.2, -0.15) is 5.26 Å². The molecule has 0 saturated carbocycles. The Labute approximate surface area is 164 Å². The second-order valence-corrected chi connectivity index (χ2v) is 8.73. The Morgan fingerprint density at radius 3 is 2.38 bits per heavy atom. The van der Waals surface area contributed by atoms with Gasteiger partial charge in [0, 0.05) is 29.0 Å². The highest BCUT2D eigenvalue weighted by Gasteiger charge is 2.37. The van der Waals surface area contributed by atoms with Gasteiger partial charge in [-0.05, 0) is 58.7 Å². The Morgan fingerprint density at radius 1 is 1.23 bits per heavy atom. The van der Waals surface area contributed by atoms with Gasteiger partial charge in [-0.25, -0.2) is 0 Å². The molecule has 0 aromatic heterocycles. The van der Waals surface area contributed by atoms with Crippen LogP contribution >= 0.6 is 23.2 Å². The fourth-order valence-corrected chi connectivity index (χ4v) is 3.86. The molecule has 1 aromatic carbocycles. The monoisotopic (exact) mass is 394 g/mol. The predicted octanol–water partition coefficient (Wildman–Crippen LogP) is 4.24. The quantitative estimate of drug-likeness (QED) is 0.527. The zero-order valence-electron chi connectivity index (χ0n) is 15.4. The number of carbonyl (C=O) groups is 1. The molecular weight excluding hydrogens is 371 g/mol. The zero-order chi connectivity index (χ0) is 19.5. The van der Waals surface area contributed by atoms with E-state index >= 15 is 0 Å². The van der Waals surface area contributed by atoms with Crippen molar-refractivity contribution in [2.24, 2.45) is 0 Å². The molecular formula is C19H24Cl2N4O. The molecule has 0 unspecified atom stereocenters. The van der Waals surface area contributed by atoms with Crippen molar-refractivity contribution in [3.8, 4) is 6.07 Å². The Kier molecular flexibility index (Phi) is 6.23. The van der Waals surface area contributed by atoms with Crippen molar-refractivity contribution in [2.75, 3.05) is 5.32 Å². The molecule has 1 saturated heterocycles. The minimum absolute atomic E-state index is 0.00483. The second kappa shape index (κ2) is 7.87. The largest absolute Gasteiger partial charge is 0.387 e. The van der Waals surface area contributed by atoms with E-state index in [0.29, 0.717) is 15.7 Å². The van der Waals surface area contributed by atoms with Gasteiger partial charge in [0.15, 0.2) is 0 Å². The molecule has 0 bridgehead atoms. The highest BCUT2D eigenvalue weighted by Crippen LogP contribution is 2.28. The van der Waals surface area contributed by atoms with E-state index in [2.05, 4.69) is 43.6 Å². The van der Waals surface area contributed by atoms with E-state index in [1.807, 2.05) is 6.07 Å². The maximum atomic E-state index is 12.3. The molecule has 1 aromatic rings. The lowest BCUT2D eigenvalue weighted by atomic mass is 9.80. The summed E-state index contributed by atoms with van der Waals surface area (Å²) in [6.07, 6.45) is 3.27. The third-order valence-electron chi connectivity index (χ3n) is 4.20. The van der Waals surface area contributed by atoms with Crippen LogP contribution < -0.4 is 16.0 Å². The molecule has 1 amide bonds. The molecule has 0 atom stereocenters. The Morgan fingerprint density at radius 2 is 1.85 bits per heavy atom. The second-order valence-electron chi connectivity index (χ2n) is 7.92. The average molecular weight is 395 g/mol. The smallest absolute Gasteiger partial charge is 0.267 e. The summed E-state index contributed by atoms with van der Waals surface area (Å²) in [5.74, 6) is -0.495. The van der Waals surface area contributed by atoms with Crippen molar-refractivity contribution in [3.05, 3.63) is 40.0 Å². The van der Waals surface area contributed by atoms with Gasteiger partial charge >= 0.3 is 0 Å². The average Bonchev–Trinajstić information content (AvgIpc) is 2.48. The first-order chi connectivity index (χ1) is 12.0. The molecule has 5 nitrogen and oxygen atoms in total. The normalized spacial score (nSPS) is 19.5. The zero-order valence-corrected chi connectivity index (χ0v) is 16.9. The maximum absolute atomic E-state index is 12.3. The van der Waals surface area contributed by atoms with Gasteiger partial charge in [0.2, 0.25) is 0 Å². The number of nitriles is 1. The first-order valence-corrected chi connectivity index (χ1v) is 9.19. The van der Waals surface area contributed by atoms with Gasteiger partial charge in [0.1, 0.15) is 11.6 Å². The number of nitrogens with one attached hydrogen (secondary N) is 3. The van der Waals surface area contributed by atoms with Crippen molar-refractivity contribution >= 4 is 34.8 Å². The van der Waals surface area contributed by atoms with Crippen molar-refractivity contribution in [1.29, 1.82) is 5.26 Å². The van der Waals surface area contributed by atoms with Crippen LogP contribution in [0, 0.1) is 11.3 Å². The van der Waals surface area contributed by atoms with Crippen LogP contribution in [0.1, 0.15) is 40.5 Å². The number of hydrogen-bond donors (Lipinski definition) is 3. The van der Waals surface area contributed by atoms with Gasteiger partial charge in [-0.15, -0.1) is 0 Å². The number of rotatable bonds is 4. The van der Waals surface area contributed by atoms with Crippen LogP contribution in [0.3, 0.4) is 0 Å². The van der Waals surface area contributed by atoms with Crippen LogP contribution in [0.15, 0.2) is 30.0 Å². The summed E-state index contributed by atoms with van der Waals surface area (Å²) < 4.78 is 0. The van der Waals surface area contributed by atoms with Crippen molar-refractivity contribution in [3.63, 3.8) is 0 Å². The van der Waals surface area contributed by atoms with E-state index in [4.69, 9.17) is 23.2 Å². The minimum atomic E-state index is -0.495. The van der Waals surface area contributed by atoms with Crippen molar-refractivity contribution in [2.45, 2.75) is 57.7 Å². The summed E-state index contributed by atoms with van der Waals surface area (Å²) >= 11 is 11.8. The summed E-state index contributed by atoms with van der Waals surface area (Å²) in [5.41, 5.74) is 0.435. The topological polar surface area (TPSA) is 77.0 Å². The van der Waals surface area contributed by atoms with Crippen molar-refractivity contribution < 1.29 is 4.79 Å². The number of carbonyl (C=O) groups excluding carboxylic acids is 1. The van der Waals surface area contributed by atoms with Crippen LogP contribution in [0.5, 0.6) is 0 Å². The molecule has 2 rings (SSSR count). The first-order valence-electron chi connectivity index (χ1n) is 8.43. The van der Waals surface area contributed by atoms with E-state index in [1.54, 1.807) is 18.2 Å². The minimum Gasteiger partial charge on any atom is -0.387 e. The Hall–Kier alpha value is -1.74. The van der Waals surface area contributed by atoms with Crippen LogP contribution in [0.4, 0.5) is 5.69 Å². The van der Waals surface area contributed by atoms with E-state index in [9.17, 15) is 10.1 Å². The summed E-state index contributed by atoms with van der Waals surface area (Å²) in [7, 11) is 0. The molecule has 3 N–H and O–H groups in total. The third kappa shape index (κ3) is 5.63. The first kappa shape index (κ1) is 20.6. The standard InChI is InChI=1S/C19H24Cl2N4O/c1-18(2)8-14(9-19(3,4)25-18)23-11-12(10-22)17(26)24-13-5-6-15(20)16(21)7-13/h5-7,11,14,23,25H,8-9H2,1-4H3,(H,24,26)/b12-11-. The Balaban J connectivity index is 2.06. The van der Waals surface area contributed by atoms with Gasteiger partial charge in [-0.3, -0.25) is 4.79 Å². The van der Waals surface area contributed by atoms with Crippen LogP contribution in [0.2, 0.25) is 10.0 Å². The van der Waals surface area contributed by atoms with E-state index < -0.39 is 5.91 Å². The van der Waals surface area contributed by atoms with Gasteiger partial charge in [-0.1, -0.05) is 23.2 Å². The number of hydrogen-bond acceptors (Lipinski definition) is 4. The molecule has 1 fully saturated rings. The Bertz CT molecular complexity index is 749. The fraction of sp³-hybridized carbons (Fsp3) is 0.474. The lowest BCUT2D eigenvalue weighted by Crippen LogP contribution is -2.61. The number of halogens is 2. The predicted molar refractivity (Wildman–Crippen MR) is 106 cm³/mol. The lowest BCUT2D eigenvalue weighted by molar-refractivity contribution is -0.112. The van der Waals surface area contributed by atoms with Gasteiger partial charge < -0.3 is 16.0 Å². The summed E-state index contributed by atoms with van der Waals surface area (Å²) in [6.45, 7) is 8.59. The molecule has 7 heteroatoms. The number of amides is 1. The third-order valence-corrected chi connectivity index (χ3v) is 4.94. The number of nitrogens with zero attached hydrogens (tertiary/aromatic N) is 1. The fourth-order valence-electron chi connectivity index (χ4n) is 3.56. The molecule has 1 aliphatic heterocycles. The van der Waals surface area contributed by atoms with Crippen LogP contribution in [-0.2, 0) is 4.79 Å². The SMILES string of the molecule is CC1(C)CC(N/C=C(/C#N)C(=O)Nc2ccc(Cl)c(Cl)c2)CC(C)(C)N1. The van der Waals surface area contributed by atoms with E-state index in [0.717, 1.165) is 12.8 Å². The van der Waals surface area contributed by atoms with E-state index in [-0.39, 0.29) is 22.7 Å². The van der Waals surface area contributed by atoms with Crippen molar-refractivity contribution in [1.82, 2.24) is 10.6 Å². The number of anilines is 1. The maximum Gasteiger partial charge on any atom is 0.267 e. The number of benzene rings is 1. The van der Waals surface area contributed by atoms with Crippen LogP contribution in [0.25, 0.3) is 0 Å². The van der Waals surface area contributed by atoms with Gasteiger partial charge in [0.05, 0.1) is 10.0 Å². The molecule has 1 heterocycles. The lowest BCUT2D eigenvalue weighted by Gasteiger charge is -2.46. The van der Waals surface area contributed by atoms with E-state index in [1.165, 1.54) is 6.20 Å². The number of piperidine rings is 1. The molecule has 26 heavy (non-hydrogen) atoms. The summed E-state index contributed by atoms with van der Waals surface area (Å²) in [5, 5.41) is 19.6. The highest BCUT2D eigenvalue weighted by atomic mass is 35.5.